The lowest BCUT2D eigenvalue weighted by Crippen LogP contribution is -2.33. The number of hydroxylamine groups is 1. The van der Waals surface area contributed by atoms with E-state index in [2.05, 4.69) is 17.4 Å². The Morgan fingerprint density at radius 2 is 1.75 bits per heavy atom. The number of benzene rings is 3. The van der Waals surface area contributed by atoms with Gasteiger partial charge >= 0.3 is 6.47 Å². The smallest absolute Gasteiger partial charge is 0.320 e. The van der Waals surface area contributed by atoms with E-state index in [-0.39, 0.29) is 5.56 Å². The molecule has 1 heterocycles. The summed E-state index contributed by atoms with van der Waals surface area (Å²) in [6, 6.07) is 23.3. The molecule has 0 aliphatic carbocycles. The van der Waals surface area contributed by atoms with Gasteiger partial charge in [-0.3, -0.25) is 19.1 Å². The van der Waals surface area contributed by atoms with Crippen LogP contribution in [0, 0.1) is 6.92 Å². The minimum atomic E-state index is -0.481. The summed E-state index contributed by atoms with van der Waals surface area (Å²) in [6.45, 7) is 8.65. The molecular formula is C35H40N4O5. The molecule has 0 unspecified atom stereocenters. The normalized spacial score (nSPS) is 11.7. The van der Waals surface area contributed by atoms with Crippen molar-refractivity contribution >= 4 is 12.3 Å². The molecule has 0 radical (unpaired) electrons. The fourth-order valence-electron chi connectivity index (χ4n) is 5.25. The molecule has 9 heteroatoms. The second-order valence-electron chi connectivity index (χ2n) is 11.1. The zero-order chi connectivity index (χ0) is 31.7. The Bertz CT molecular complexity index is 1660. The van der Waals surface area contributed by atoms with Gasteiger partial charge in [0.2, 0.25) is 0 Å². The fourth-order valence-corrected chi connectivity index (χ4v) is 5.25. The first-order valence-electron chi connectivity index (χ1n) is 14.6. The first-order chi connectivity index (χ1) is 21.2. The Hall–Kier alpha value is -4.76. The molecule has 230 valence electrons. The molecule has 0 spiro atoms. The summed E-state index contributed by atoms with van der Waals surface area (Å²) in [5.41, 5.74) is 7.93. The number of rotatable bonds is 13. The lowest BCUT2D eigenvalue weighted by molar-refractivity contribution is -0.132. The van der Waals surface area contributed by atoms with Crippen LogP contribution in [0.15, 0.2) is 82.6 Å². The summed E-state index contributed by atoms with van der Waals surface area (Å²) in [6.07, 6.45) is 2.05. The van der Waals surface area contributed by atoms with Crippen LogP contribution < -0.4 is 15.8 Å². The highest BCUT2D eigenvalue weighted by Crippen LogP contribution is 2.26. The number of carbonyl (C=O) groups excluding carboxylic acids is 1. The lowest BCUT2D eigenvalue weighted by Gasteiger charge is -2.25. The van der Waals surface area contributed by atoms with Gasteiger partial charge in [-0.05, 0) is 68.1 Å². The lowest BCUT2D eigenvalue weighted by atomic mass is 9.96. The largest absolute Gasteiger partial charge is 0.485 e. The number of amidine groups is 1. The first kappa shape index (κ1) is 32.2. The maximum Gasteiger partial charge on any atom is 0.320 e. The monoisotopic (exact) mass is 596 g/mol. The first-order valence-corrected chi connectivity index (χ1v) is 14.6. The number of nitrogens with one attached hydrogen (secondary N) is 1. The molecule has 0 aliphatic heterocycles. The molecule has 1 aromatic heterocycles. The van der Waals surface area contributed by atoms with Crippen molar-refractivity contribution in [2.75, 3.05) is 20.8 Å². The van der Waals surface area contributed by atoms with Crippen molar-refractivity contribution in [3.63, 3.8) is 0 Å². The summed E-state index contributed by atoms with van der Waals surface area (Å²) in [5, 5.41) is 0. The molecule has 3 aromatic carbocycles. The Labute approximate surface area is 258 Å². The number of nitrogens with zero attached hydrogens (tertiary/aromatic N) is 3. The second-order valence-corrected chi connectivity index (χ2v) is 11.1. The standard InChI is InChI=1S/C35H40N4O5/c1-7-10-32-31(34(41)39(24(2)37-32)27-17-19-28(20-18-27)44-35(3,4)22-42-6)21-25-13-15-26(16-14-25)29-11-8-9-12-30(29)33(36-5)38-43-23-40/h8-9,11-20,23H,7,10,21-22H2,1-6H3,(H,36,38). The van der Waals surface area contributed by atoms with E-state index in [1.807, 2.05) is 93.6 Å². The Morgan fingerprint density at radius 3 is 2.39 bits per heavy atom. The highest BCUT2D eigenvalue weighted by molar-refractivity contribution is 6.04. The number of ether oxygens (including phenoxy) is 2. The van der Waals surface area contributed by atoms with Crippen LogP contribution in [0.2, 0.25) is 0 Å². The zero-order valence-electron chi connectivity index (χ0n) is 26.2. The van der Waals surface area contributed by atoms with Crippen molar-refractivity contribution < 1.29 is 19.1 Å². The van der Waals surface area contributed by atoms with Crippen molar-refractivity contribution in [1.82, 2.24) is 15.0 Å². The van der Waals surface area contributed by atoms with Crippen LogP contribution in [-0.2, 0) is 27.2 Å². The van der Waals surface area contributed by atoms with Gasteiger partial charge in [-0.2, -0.15) is 0 Å². The van der Waals surface area contributed by atoms with Crippen molar-refractivity contribution in [1.29, 1.82) is 0 Å². The van der Waals surface area contributed by atoms with Crippen LogP contribution in [0.4, 0.5) is 0 Å². The number of hydrogen-bond acceptors (Lipinski definition) is 7. The highest BCUT2D eigenvalue weighted by Gasteiger charge is 2.20. The van der Waals surface area contributed by atoms with Crippen molar-refractivity contribution in [2.24, 2.45) is 4.99 Å². The molecule has 9 nitrogen and oxygen atoms in total. The van der Waals surface area contributed by atoms with Crippen LogP contribution >= 0.6 is 0 Å². The van der Waals surface area contributed by atoms with E-state index < -0.39 is 5.60 Å². The average molecular weight is 597 g/mol. The van der Waals surface area contributed by atoms with E-state index in [0.29, 0.717) is 48.9 Å². The number of methoxy groups -OCH3 is 1. The topological polar surface area (TPSA) is 104 Å². The third-order valence-electron chi connectivity index (χ3n) is 7.15. The molecule has 0 fully saturated rings. The summed E-state index contributed by atoms with van der Waals surface area (Å²) in [5.74, 6) is 1.77. The second kappa shape index (κ2) is 14.6. The molecule has 44 heavy (non-hydrogen) atoms. The molecule has 4 rings (SSSR count). The fraction of sp³-hybridized carbons (Fsp3) is 0.314. The van der Waals surface area contributed by atoms with Gasteiger partial charge in [-0.1, -0.05) is 61.9 Å². The predicted molar refractivity (Wildman–Crippen MR) is 173 cm³/mol. The van der Waals surface area contributed by atoms with E-state index in [1.165, 1.54) is 0 Å². The SMILES string of the molecule is CCCc1nc(C)n(-c2ccc(OC(C)(C)COC)cc2)c(=O)c1Cc1ccc(-c2ccccc2C(=NC)NOC=O)cc1. The van der Waals surface area contributed by atoms with Gasteiger partial charge in [0.05, 0.1) is 18.0 Å². The van der Waals surface area contributed by atoms with E-state index in [9.17, 15) is 9.59 Å². The Morgan fingerprint density at radius 1 is 1.05 bits per heavy atom. The van der Waals surface area contributed by atoms with E-state index in [0.717, 1.165) is 40.1 Å². The third kappa shape index (κ3) is 7.60. The van der Waals surface area contributed by atoms with Gasteiger partial charge in [-0.15, -0.1) is 0 Å². The van der Waals surface area contributed by atoms with E-state index >= 15 is 0 Å². The molecule has 0 bridgehead atoms. The molecular weight excluding hydrogens is 556 g/mol. The average Bonchev–Trinajstić information content (AvgIpc) is 3.01. The van der Waals surface area contributed by atoms with Crippen LogP contribution in [0.3, 0.4) is 0 Å². The Balaban J connectivity index is 1.66. The molecule has 4 aromatic rings. The van der Waals surface area contributed by atoms with Crippen molar-refractivity contribution in [3.05, 3.63) is 111 Å². The molecule has 0 saturated carbocycles. The summed E-state index contributed by atoms with van der Waals surface area (Å²) in [7, 11) is 3.27. The van der Waals surface area contributed by atoms with Gasteiger partial charge in [0.25, 0.3) is 5.56 Å². The summed E-state index contributed by atoms with van der Waals surface area (Å²) in [4.78, 5) is 38.6. The molecule has 0 aliphatic rings. The third-order valence-corrected chi connectivity index (χ3v) is 7.15. The van der Waals surface area contributed by atoms with E-state index in [4.69, 9.17) is 19.3 Å². The van der Waals surface area contributed by atoms with Crippen molar-refractivity contribution in [3.8, 4) is 22.6 Å². The number of carbonyl (C=O) groups is 1. The number of aliphatic imine (C=N–C) groups is 1. The number of aryl methyl sites for hydroxylation is 2. The Kier molecular flexibility index (Phi) is 10.7. The van der Waals surface area contributed by atoms with Gasteiger partial charge in [-0.25, -0.2) is 10.5 Å². The van der Waals surface area contributed by atoms with Crippen molar-refractivity contribution in [2.45, 2.75) is 52.6 Å². The number of aromatic nitrogens is 2. The van der Waals surface area contributed by atoms with Gasteiger partial charge in [0.1, 0.15) is 17.2 Å². The minimum absolute atomic E-state index is 0.0752. The summed E-state index contributed by atoms with van der Waals surface area (Å²) >= 11 is 0. The molecule has 0 saturated heterocycles. The van der Waals surface area contributed by atoms with E-state index in [1.54, 1.807) is 18.7 Å². The minimum Gasteiger partial charge on any atom is -0.485 e. The molecule has 0 amide bonds. The maximum atomic E-state index is 14.0. The van der Waals surface area contributed by atoms with Gasteiger partial charge in [0, 0.05) is 31.7 Å². The maximum absolute atomic E-state index is 14.0. The predicted octanol–water partition coefficient (Wildman–Crippen LogP) is 5.61. The van der Waals surface area contributed by atoms with Crippen LogP contribution in [-0.4, -0.2) is 48.2 Å². The highest BCUT2D eigenvalue weighted by atomic mass is 16.7. The molecule has 1 N–H and O–H groups in total. The van der Waals surface area contributed by atoms with Crippen LogP contribution in [0.1, 0.15) is 55.4 Å². The van der Waals surface area contributed by atoms with Crippen LogP contribution in [0.5, 0.6) is 5.75 Å². The zero-order valence-corrected chi connectivity index (χ0v) is 26.2. The van der Waals surface area contributed by atoms with Crippen LogP contribution in [0.25, 0.3) is 16.8 Å². The van der Waals surface area contributed by atoms with Gasteiger partial charge in [0.15, 0.2) is 5.84 Å². The number of hydrogen-bond donors (Lipinski definition) is 1. The molecule has 0 atom stereocenters. The summed E-state index contributed by atoms with van der Waals surface area (Å²) < 4.78 is 13.0. The van der Waals surface area contributed by atoms with Gasteiger partial charge < -0.3 is 14.3 Å². The quantitative estimate of drug-likeness (QED) is 0.0926.